The Morgan fingerprint density at radius 2 is 1.73 bits per heavy atom. The molecule has 0 bridgehead atoms. The number of nitrogens with two attached hydrogens (primary N) is 1. The Morgan fingerprint density at radius 3 is 2.07 bits per heavy atom. The molecule has 15 heavy (non-hydrogen) atoms. The van der Waals surface area contributed by atoms with E-state index in [0.29, 0.717) is 5.57 Å². The summed E-state index contributed by atoms with van der Waals surface area (Å²) in [7, 11) is 0. The van der Waals surface area contributed by atoms with Crippen LogP contribution in [0.4, 0.5) is 0 Å². The van der Waals surface area contributed by atoms with Crippen LogP contribution in [0.1, 0.15) is 0 Å². The predicted molar refractivity (Wildman–Crippen MR) is 54.7 cm³/mol. The Hall–Kier alpha value is -1.35. The summed E-state index contributed by atoms with van der Waals surface area (Å²) in [6, 6.07) is 10.0. The van der Waals surface area contributed by atoms with Crippen molar-refractivity contribution in [3.63, 3.8) is 0 Å². The zero-order valence-corrected chi connectivity index (χ0v) is 9.14. The van der Waals surface area contributed by atoms with Crippen LogP contribution in [0.15, 0.2) is 66.1 Å². The number of rotatable bonds is 1. The zero-order chi connectivity index (χ0) is 10.2. The van der Waals surface area contributed by atoms with Crippen LogP contribution >= 0.6 is 0 Å². The van der Waals surface area contributed by atoms with Gasteiger partial charge in [0.25, 0.3) is 0 Å². The molecule has 0 aliphatic heterocycles. The van der Waals surface area contributed by atoms with Gasteiger partial charge in [0.15, 0.2) is 0 Å². The van der Waals surface area contributed by atoms with Crippen molar-refractivity contribution in [1.29, 1.82) is 0 Å². The molecule has 0 saturated carbocycles. The van der Waals surface area contributed by atoms with Crippen molar-refractivity contribution in [1.82, 2.24) is 5.43 Å². The van der Waals surface area contributed by atoms with E-state index in [1.54, 1.807) is 24.3 Å². The molecule has 0 fully saturated rings. The average Bonchev–Trinajstić information content (AvgIpc) is 2.91. The van der Waals surface area contributed by atoms with E-state index in [-0.39, 0.29) is 23.0 Å². The molecule has 3 N–H and O–H groups in total. The van der Waals surface area contributed by atoms with Crippen molar-refractivity contribution in [3.8, 4) is 0 Å². The second kappa shape index (κ2) is 8.00. The second-order valence-electron chi connectivity index (χ2n) is 2.61. The Bertz CT molecular complexity index is 308. The maximum Gasteiger partial charge on any atom is 0 e. The van der Waals surface area contributed by atoms with Gasteiger partial charge in [-0.1, -0.05) is 24.3 Å². The van der Waals surface area contributed by atoms with Crippen molar-refractivity contribution in [2.24, 2.45) is 5.84 Å². The van der Waals surface area contributed by atoms with Gasteiger partial charge in [-0.3, -0.25) is 5.84 Å². The first kappa shape index (κ1) is 13.6. The summed E-state index contributed by atoms with van der Waals surface area (Å²) in [6.07, 6.45) is 6.96. The van der Waals surface area contributed by atoms with Crippen LogP contribution in [0.5, 0.6) is 0 Å². The topological polar surface area (TPSA) is 61.1 Å². The monoisotopic (exact) mass is 244 g/mol. The quantitative estimate of drug-likeness (QED) is 0.249. The molecule has 1 aromatic rings. The molecule has 0 amide bonds. The third kappa shape index (κ3) is 5.18. The number of hydrogen-bond donors (Lipinski definition) is 2. The van der Waals surface area contributed by atoms with E-state index in [4.69, 9.17) is 5.84 Å². The van der Waals surface area contributed by atoms with Crippen LogP contribution in [0.25, 0.3) is 0 Å². The fraction of sp³-hybridized carbons (Fsp3) is 0. The molecule has 0 radical (unpaired) electrons. The molecule has 4 heteroatoms. The molecular formula is C11H12FeN2O-2. The molecule has 0 saturated heterocycles. The first-order chi connectivity index (χ1) is 6.84. The molecule has 0 unspecified atom stereocenters. The van der Waals surface area contributed by atoms with Crippen LogP contribution in [-0.4, -0.2) is 0 Å². The van der Waals surface area contributed by atoms with Crippen molar-refractivity contribution in [3.05, 3.63) is 66.1 Å². The molecule has 1 aliphatic rings. The Balaban J connectivity index is 0.000000280. The second-order valence-corrected chi connectivity index (χ2v) is 2.61. The van der Waals surface area contributed by atoms with E-state index in [1.165, 1.54) is 0 Å². The minimum atomic E-state index is -0.250. The van der Waals surface area contributed by atoms with Gasteiger partial charge in [-0.05, 0) is 11.5 Å². The summed E-state index contributed by atoms with van der Waals surface area (Å²) in [6.45, 7) is 0. The van der Waals surface area contributed by atoms with Gasteiger partial charge in [-0.15, -0.1) is 0 Å². The zero-order valence-electron chi connectivity index (χ0n) is 8.04. The van der Waals surface area contributed by atoms with E-state index in [1.807, 2.05) is 35.8 Å². The van der Waals surface area contributed by atoms with Crippen LogP contribution in [-0.2, 0) is 17.1 Å². The van der Waals surface area contributed by atoms with E-state index in [0.717, 1.165) is 0 Å². The van der Waals surface area contributed by atoms with Gasteiger partial charge in [0.2, 0.25) is 0 Å². The fourth-order valence-corrected chi connectivity index (χ4v) is 0.929. The van der Waals surface area contributed by atoms with Crippen LogP contribution in [0, 0.1) is 0 Å². The Morgan fingerprint density at radius 1 is 1.20 bits per heavy atom. The third-order valence-corrected chi connectivity index (χ3v) is 1.61. The number of nitrogens with one attached hydrogen (secondary N) is 1. The van der Waals surface area contributed by atoms with Gasteiger partial charge < -0.3 is 10.5 Å². The van der Waals surface area contributed by atoms with Gasteiger partial charge in [0, 0.05) is 17.1 Å². The van der Waals surface area contributed by atoms with E-state index in [9.17, 15) is 5.11 Å². The third-order valence-electron chi connectivity index (χ3n) is 1.61. The number of allylic oxidation sites excluding steroid dienone is 5. The fourth-order valence-electron chi connectivity index (χ4n) is 0.929. The van der Waals surface area contributed by atoms with Gasteiger partial charge >= 0.3 is 0 Å². The molecule has 3 nitrogen and oxygen atoms in total. The van der Waals surface area contributed by atoms with E-state index in [2.05, 4.69) is 0 Å². The summed E-state index contributed by atoms with van der Waals surface area (Å²) in [5.41, 5.74) is 2.62. The average molecular weight is 244 g/mol. The molecule has 1 aromatic carbocycles. The maximum absolute atomic E-state index is 10.6. The smallest absolute Gasteiger partial charge is 0 e. The summed E-state index contributed by atoms with van der Waals surface area (Å²) in [5.74, 6) is 4.61. The minimum absolute atomic E-state index is 0. The normalized spacial score (nSPS) is 11.4. The van der Waals surface area contributed by atoms with Crippen LogP contribution < -0.4 is 16.4 Å². The molecule has 82 valence electrons. The number of hydrazine groups is 1. The van der Waals surface area contributed by atoms with Crippen molar-refractivity contribution in [2.45, 2.75) is 0 Å². The van der Waals surface area contributed by atoms with E-state index < -0.39 is 0 Å². The predicted octanol–water partition coefficient (Wildman–Crippen LogP) is 0.551. The molecule has 0 heterocycles. The van der Waals surface area contributed by atoms with Gasteiger partial charge in [-0.25, -0.2) is 12.1 Å². The summed E-state index contributed by atoms with van der Waals surface area (Å²) in [4.78, 5) is 0. The van der Waals surface area contributed by atoms with Crippen molar-refractivity contribution < 1.29 is 22.2 Å². The van der Waals surface area contributed by atoms with Crippen molar-refractivity contribution in [2.75, 3.05) is 0 Å². The van der Waals surface area contributed by atoms with Crippen LogP contribution in [0.2, 0.25) is 0 Å². The summed E-state index contributed by atoms with van der Waals surface area (Å²) in [5, 5.41) is 10.6. The minimum Gasteiger partial charge on any atom is -0.859 e. The maximum atomic E-state index is 10.6. The Labute approximate surface area is 99.8 Å². The molecule has 1 aliphatic carbocycles. The molecule has 2 rings (SSSR count). The largest absolute Gasteiger partial charge is 0.859 e. The first-order valence-corrected chi connectivity index (χ1v) is 4.24. The van der Waals surface area contributed by atoms with Gasteiger partial charge in [-0.2, -0.15) is 18.2 Å². The first-order valence-electron chi connectivity index (χ1n) is 4.24. The van der Waals surface area contributed by atoms with E-state index >= 15 is 0 Å². The molecule has 0 aromatic heterocycles. The van der Waals surface area contributed by atoms with Crippen molar-refractivity contribution >= 4 is 0 Å². The van der Waals surface area contributed by atoms with Crippen LogP contribution in [0.3, 0.4) is 0 Å². The molecule has 0 atom stereocenters. The van der Waals surface area contributed by atoms with Gasteiger partial charge in [0.05, 0.1) is 0 Å². The SMILES string of the molecule is NNC([O-])=C1C=CC=C1.[Fe].c1cc[cH-]c1. The molecule has 0 spiro atoms. The standard InChI is InChI=1S/C6H8N2O.C5H5.Fe/c7-8-6(9)5-3-1-2-4-5;1-2-4-5-3-1;/h1-4,8-9H,7H2;1-5H;/q;-1;/p-1. The Kier molecular flexibility index (Phi) is 7.28. The molecular weight excluding hydrogens is 232 g/mol. The van der Waals surface area contributed by atoms with Gasteiger partial charge in [0.1, 0.15) is 0 Å². The summed E-state index contributed by atoms with van der Waals surface area (Å²) >= 11 is 0. The number of hydrogen-bond acceptors (Lipinski definition) is 3. The summed E-state index contributed by atoms with van der Waals surface area (Å²) < 4.78 is 0.